The van der Waals surface area contributed by atoms with Gasteiger partial charge in [0.1, 0.15) is 0 Å². The van der Waals surface area contributed by atoms with Crippen LogP contribution < -0.4 is 15.1 Å². The molecule has 1 saturated heterocycles. The summed E-state index contributed by atoms with van der Waals surface area (Å²) >= 11 is 6.10. The lowest BCUT2D eigenvalue weighted by Crippen LogP contribution is -2.46. The number of urea groups is 1. The molecule has 0 radical (unpaired) electrons. The average Bonchev–Trinajstić information content (AvgIpc) is 3.00. The Morgan fingerprint density at radius 3 is 2.72 bits per heavy atom. The number of aromatic nitrogens is 4. The third kappa shape index (κ3) is 3.36. The van der Waals surface area contributed by atoms with Gasteiger partial charge in [-0.2, -0.15) is 0 Å². The van der Waals surface area contributed by atoms with Crippen molar-refractivity contribution in [3.63, 3.8) is 0 Å². The summed E-state index contributed by atoms with van der Waals surface area (Å²) in [4.78, 5) is 34.5. The van der Waals surface area contributed by atoms with Crippen LogP contribution in [-0.4, -0.2) is 45.1 Å². The zero-order valence-electron chi connectivity index (χ0n) is 15.5. The van der Waals surface area contributed by atoms with E-state index < -0.39 is 0 Å². The predicted molar refractivity (Wildman–Crippen MR) is 111 cm³/mol. The highest BCUT2D eigenvalue weighted by atomic mass is 35.5. The maximum Gasteiger partial charge on any atom is 0.329 e. The van der Waals surface area contributed by atoms with Crippen LogP contribution >= 0.6 is 11.6 Å². The molecule has 3 aromatic rings. The Balaban J connectivity index is 1.57. The van der Waals surface area contributed by atoms with Crippen molar-refractivity contribution in [2.75, 3.05) is 28.2 Å². The van der Waals surface area contributed by atoms with Gasteiger partial charge in [-0.3, -0.25) is 20.2 Å². The summed E-state index contributed by atoms with van der Waals surface area (Å²) in [5.74, 6) is 1.05. The summed E-state index contributed by atoms with van der Waals surface area (Å²) in [5, 5.41) is 3.39. The minimum Gasteiger partial charge on any atom is -0.368 e. The van der Waals surface area contributed by atoms with Crippen molar-refractivity contribution in [2.24, 2.45) is 0 Å². The van der Waals surface area contributed by atoms with Gasteiger partial charge >= 0.3 is 6.03 Å². The number of anilines is 3. The molecule has 6 heterocycles. The number of hydrogen-bond acceptors (Lipinski definition) is 6. The van der Waals surface area contributed by atoms with Crippen molar-refractivity contribution in [3.05, 3.63) is 54.2 Å². The fourth-order valence-electron chi connectivity index (χ4n) is 3.91. The van der Waals surface area contributed by atoms with Gasteiger partial charge in [-0.05, 0) is 31.0 Å². The topological polar surface area (TPSA) is 87.1 Å². The van der Waals surface area contributed by atoms with E-state index in [4.69, 9.17) is 16.6 Å². The molecule has 8 nitrogen and oxygen atoms in total. The highest BCUT2D eigenvalue weighted by Crippen LogP contribution is 2.39. The monoisotopic (exact) mass is 407 g/mol. The standard InChI is InChI=1S/C20H18ClN7O/c21-14-9-13(10-23-11-14)16-1-2-17-19(25-16)28(15-3-7-27(17)8-4-15)20(29)26-18-12-22-5-6-24-18/h1-2,5-6,9-12,15H,3-4,7-8H2,(H,24,26,29). The Labute approximate surface area is 172 Å². The summed E-state index contributed by atoms with van der Waals surface area (Å²) in [7, 11) is 0. The molecule has 0 aromatic carbocycles. The van der Waals surface area contributed by atoms with Gasteiger partial charge in [0.05, 0.1) is 22.6 Å². The number of amides is 2. The van der Waals surface area contributed by atoms with Crippen LogP contribution in [0.25, 0.3) is 11.3 Å². The lowest BCUT2D eigenvalue weighted by atomic mass is 10.1. The van der Waals surface area contributed by atoms with Crippen molar-refractivity contribution in [3.8, 4) is 11.3 Å². The minimum absolute atomic E-state index is 0.0735. The van der Waals surface area contributed by atoms with Crippen molar-refractivity contribution in [2.45, 2.75) is 18.9 Å². The van der Waals surface area contributed by atoms with Crippen molar-refractivity contribution >= 4 is 35.0 Å². The van der Waals surface area contributed by atoms with E-state index in [-0.39, 0.29) is 12.1 Å². The molecule has 3 aromatic heterocycles. The second-order valence-electron chi connectivity index (χ2n) is 7.04. The van der Waals surface area contributed by atoms with Crippen molar-refractivity contribution in [1.82, 2.24) is 19.9 Å². The van der Waals surface area contributed by atoms with Crippen LogP contribution in [0, 0.1) is 0 Å². The molecule has 0 unspecified atom stereocenters. The number of nitrogens with zero attached hydrogens (tertiary/aromatic N) is 6. The van der Waals surface area contributed by atoms with Crippen LogP contribution in [0.15, 0.2) is 49.2 Å². The number of carbonyl (C=O) groups excluding carboxylic acids is 1. The molecule has 0 spiro atoms. The number of rotatable bonds is 2. The first-order chi connectivity index (χ1) is 14.2. The van der Waals surface area contributed by atoms with E-state index in [0.29, 0.717) is 16.7 Å². The lowest BCUT2D eigenvalue weighted by molar-refractivity contribution is 0.253. The third-order valence-corrected chi connectivity index (χ3v) is 5.48. The van der Waals surface area contributed by atoms with Crippen LogP contribution in [0.1, 0.15) is 12.8 Å². The van der Waals surface area contributed by atoms with Crippen molar-refractivity contribution in [1.29, 1.82) is 0 Å². The maximum absolute atomic E-state index is 13.2. The van der Waals surface area contributed by atoms with Crippen molar-refractivity contribution < 1.29 is 4.79 Å². The Morgan fingerprint density at radius 1 is 1.10 bits per heavy atom. The van der Waals surface area contributed by atoms with Crippen LogP contribution in [-0.2, 0) is 0 Å². The molecule has 29 heavy (non-hydrogen) atoms. The molecule has 3 aliphatic rings. The van der Waals surface area contributed by atoms with Crippen LogP contribution in [0.2, 0.25) is 5.02 Å². The second-order valence-corrected chi connectivity index (χ2v) is 7.48. The predicted octanol–water partition coefficient (Wildman–Crippen LogP) is 3.61. The summed E-state index contributed by atoms with van der Waals surface area (Å²) in [6.45, 7) is 1.79. The molecule has 0 aliphatic carbocycles. The molecule has 2 amide bonds. The SMILES string of the molecule is O=C(Nc1cnccn1)N1c2nc(-c3cncc(Cl)c3)ccc2N2CCC1CC2. The van der Waals surface area contributed by atoms with E-state index in [1.807, 2.05) is 18.2 Å². The second kappa shape index (κ2) is 7.29. The van der Waals surface area contributed by atoms with Gasteiger partial charge in [-0.1, -0.05) is 11.6 Å². The average molecular weight is 408 g/mol. The van der Waals surface area contributed by atoms with E-state index in [0.717, 1.165) is 42.9 Å². The third-order valence-electron chi connectivity index (χ3n) is 5.27. The molecule has 1 fully saturated rings. The van der Waals surface area contributed by atoms with Crippen LogP contribution in [0.3, 0.4) is 0 Å². The maximum atomic E-state index is 13.2. The number of carbonyl (C=O) groups is 1. The smallest absolute Gasteiger partial charge is 0.329 e. The fraction of sp³-hybridized carbons (Fsp3) is 0.250. The van der Waals surface area contributed by atoms with Gasteiger partial charge in [0.2, 0.25) is 0 Å². The van der Waals surface area contributed by atoms with Gasteiger partial charge in [-0.25, -0.2) is 14.8 Å². The van der Waals surface area contributed by atoms with Crippen LogP contribution in [0.4, 0.5) is 22.1 Å². The largest absolute Gasteiger partial charge is 0.368 e. The summed E-state index contributed by atoms with van der Waals surface area (Å²) in [6.07, 6.45) is 9.72. The number of pyridine rings is 2. The van der Waals surface area contributed by atoms with E-state index >= 15 is 0 Å². The molecule has 9 heteroatoms. The quantitative estimate of drug-likeness (QED) is 0.698. The fourth-order valence-corrected chi connectivity index (χ4v) is 4.09. The first-order valence-corrected chi connectivity index (χ1v) is 9.80. The Bertz CT molecular complexity index is 1050. The zero-order chi connectivity index (χ0) is 19.8. The van der Waals surface area contributed by atoms with E-state index in [2.05, 4.69) is 25.2 Å². The van der Waals surface area contributed by atoms with E-state index in [1.165, 1.54) is 6.20 Å². The zero-order valence-corrected chi connectivity index (χ0v) is 16.3. The molecule has 6 rings (SSSR count). The Hall–Kier alpha value is -3.26. The number of halogens is 1. The molecule has 0 atom stereocenters. The molecule has 1 N–H and O–H groups in total. The molecule has 146 valence electrons. The molecule has 0 saturated carbocycles. The van der Waals surface area contributed by atoms with Gasteiger partial charge in [0, 0.05) is 49.5 Å². The van der Waals surface area contributed by atoms with Gasteiger partial charge in [-0.15, -0.1) is 0 Å². The molecule has 3 aliphatic heterocycles. The minimum atomic E-state index is -0.255. The highest BCUT2D eigenvalue weighted by molar-refractivity contribution is 6.30. The van der Waals surface area contributed by atoms with Gasteiger partial charge in [0.25, 0.3) is 0 Å². The first-order valence-electron chi connectivity index (χ1n) is 9.42. The number of hydrogen-bond donors (Lipinski definition) is 1. The number of piperidine rings is 1. The van der Waals surface area contributed by atoms with E-state index in [1.54, 1.807) is 29.7 Å². The highest BCUT2D eigenvalue weighted by Gasteiger charge is 2.37. The summed E-state index contributed by atoms with van der Waals surface area (Å²) < 4.78 is 0. The molecule has 2 bridgehead atoms. The molecular weight excluding hydrogens is 390 g/mol. The first kappa shape index (κ1) is 17.8. The Kier molecular flexibility index (Phi) is 4.48. The summed E-state index contributed by atoms with van der Waals surface area (Å²) in [5.41, 5.74) is 2.48. The number of fused-ring (bicyclic) bond motifs is 2. The van der Waals surface area contributed by atoms with Crippen LogP contribution in [0.5, 0.6) is 0 Å². The van der Waals surface area contributed by atoms with Gasteiger partial charge < -0.3 is 4.90 Å². The van der Waals surface area contributed by atoms with Gasteiger partial charge in [0.15, 0.2) is 11.6 Å². The Morgan fingerprint density at radius 2 is 1.97 bits per heavy atom. The molecular formula is C20H18ClN7O. The number of nitrogens with one attached hydrogen (secondary N) is 1. The van der Waals surface area contributed by atoms with E-state index in [9.17, 15) is 4.79 Å². The summed E-state index contributed by atoms with van der Waals surface area (Å²) in [6, 6.07) is 5.61. The normalized spacial score (nSPS) is 15.8. The lowest BCUT2D eigenvalue weighted by Gasteiger charge is -2.31.